The number of nitrogens with zero attached hydrogens (tertiary/aromatic N) is 1. The second kappa shape index (κ2) is 11.0. The van der Waals surface area contributed by atoms with Crippen LogP contribution >= 0.6 is 11.3 Å². The van der Waals surface area contributed by atoms with Crippen LogP contribution in [0.25, 0.3) is 64.0 Å². The van der Waals surface area contributed by atoms with E-state index in [-0.39, 0.29) is 0 Å². The molecule has 216 valence electrons. The summed E-state index contributed by atoms with van der Waals surface area (Å²) in [6.45, 7) is 0. The van der Waals surface area contributed by atoms with Crippen LogP contribution in [-0.2, 0) is 0 Å². The van der Waals surface area contributed by atoms with Gasteiger partial charge in [0.05, 0.1) is 0 Å². The molecule has 0 amide bonds. The van der Waals surface area contributed by atoms with E-state index in [4.69, 9.17) is 0 Å². The Morgan fingerprint density at radius 2 is 0.935 bits per heavy atom. The Balaban J connectivity index is 1.27. The van der Waals surface area contributed by atoms with Crippen LogP contribution in [0.15, 0.2) is 176 Å². The zero-order valence-electron chi connectivity index (χ0n) is 25.1. The third-order valence-corrected chi connectivity index (χ3v) is 10.3. The summed E-state index contributed by atoms with van der Waals surface area (Å²) >= 11 is 1.93. The van der Waals surface area contributed by atoms with Crippen molar-refractivity contribution in [3.05, 3.63) is 176 Å². The van der Waals surface area contributed by atoms with Crippen LogP contribution in [0.3, 0.4) is 0 Å². The molecule has 0 unspecified atom stereocenters. The normalized spacial score (nSPS) is 11.5. The minimum absolute atomic E-state index is 1.13. The van der Waals surface area contributed by atoms with E-state index >= 15 is 0 Å². The highest BCUT2D eigenvalue weighted by atomic mass is 32.1. The fourth-order valence-electron chi connectivity index (χ4n) is 6.83. The van der Waals surface area contributed by atoms with Gasteiger partial charge in [-0.1, -0.05) is 127 Å². The molecule has 0 saturated carbocycles. The van der Waals surface area contributed by atoms with E-state index in [2.05, 4.69) is 181 Å². The lowest BCUT2D eigenvalue weighted by Crippen LogP contribution is -2.09. The molecule has 0 bridgehead atoms. The standard InChI is InChI=1S/C44H29NS/c1-4-12-30(13-5-1)34-28-40(32-22-25-37(26-23-32)45(35-15-6-2-7-16-35)36-17-8-3-9-18-36)43-41(29-34)39-27-24-33-21-20-31-14-10-11-19-38(31)42(33)44(39)46-43/h1-29H. The first-order valence-electron chi connectivity index (χ1n) is 15.7. The van der Waals surface area contributed by atoms with Crippen LogP contribution in [0.2, 0.25) is 0 Å². The topological polar surface area (TPSA) is 3.24 Å². The Labute approximate surface area is 272 Å². The Morgan fingerprint density at radius 1 is 0.348 bits per heavy atom. The monoisotopic (exact) mass is 603 g/mol. The maximum atomic E-state index is 2.39. The van der Waals surface area contributed by atoms with Gasteiger partial charge in [-0.15, -0.1) is 11.3 Å². The molecule has 1 nitrogen and oxygen atoms in total. The van der Waals surface area contributed by atoms with Crippen molar-refractivity contribution in [1.82, 2.24) is 0 Å². The Hall–Kier alpha value is -5.70. The fourth-order valence-corrected chi connectivity index (χ4v) is 8.21. The molecule has 0 N–H and O–H groups in total. The van der Waals surface area contributed by atoms with Crippen molar-refractivity contribution in [3.8, 4) is 22.3 Å². The molecule has 8 aromatic carbocycles. The highest BCUT2D eigenvalue weighted by Gasteiger charge is 2.17. The molecule has 1 heterocycles. The van der Waals surface area contributed by atoms with Crippen molar-refractivity contribution in [3.63, 3.8) is 0 Å². The number of fused-ring (bicyclic) bond motifs is 7. The van der Waals surface area contributed by atoms with E-state index in [0.29, 0.717) is 0 Å². The first-order chi connectivity index (χ1) is 22.8. The highest BCUT2D eigenvalue weighted by molar-refractivity contribution is 7.27. The smallest absolute Gasteiger partial charge is 0.0462 e. The maximum Gasteiger partial charge on any atom is 0.0462 e. The van der Waals surface area contributed by atoms with E-state index in [1.807, 2.05) is 11.3 Å². The largest absolute Gasteiger partial charge is 0.311 e. The van der Waals surface area contributed by atoms with Crippen molar-refractivity contribution in [2.45, 2.75) is 0 Å². The number of benzene rings is 8. The van der Waals surface area contributed by atoms with Crippen molar-refractivity contribution in [2.24, 2.45) is 0 Å². The predicted octanol–water partition coefficient (Wildman–Crippen LogP) is 13.2. The Bertz CT molecular complexity index is 2460. The summed E-state index contributed by atoms with van der Waals surface area (Å²) in [7, 11) is 0. The molecule has 0 saturated heterocycles. The van der Waals surface area contributed by atoms with Gasteiger partial charge in [-0.2, -0.15) is 0 Å². The van der Waals surface area contributed by atoms with Gasteiger partial charge in [0, 0.05) is 48.2 Å². The molecule has 0 fully saturated rings. The lowest BCUT2D eigenvalue weighted by atomic mass is 9.95. The maximum absolute atomic E-state index is 2.39. The van der Waals surface area contributed by atoms with Crippen LogP contribution in [0.1, 0.15) is 0 Å². The molecule has 1 aromatic heterocycles. The molecule has 0 aliphatic heterocycles. The van der Waals surface area contributed by atoms with Crippen molar-refractivity contribution >= 4 is 70.1 Å². The first kappa shape index (κ1) is 26.7. The molecule has 46 heavy (non-hydrogen) atoms. The van der Waals surface area contributed by atoms with Crippen LogP contribution in [0, 0.1) is 0 Å². The van der Waals surface area contributed by atoms with Gasteiger partial charge < -0.3 is 4.90 Å². The summed E-state index contributed by atoms with van der Waals surface area (Å²) in [5.41, 5.74) is 8.35. The molecule has 0 aliphatic rings. The van der Waals surface area contributed by atoms with Crippen molar-refractivity contribution in [2.75, 3.05) is 4.90 Å². The quantitative estimate of drug-likeness (QED) is 0.177. The van der Waals surface area contributed by atoms with Gasteiger partial charge in [-0.25, -0.2) is 0 Å². The molecule has 0 spiro atoms. The van der Waals surface area contributed by atoms with E-state index in [1.165, 1.54) is 64.0 Å². The van der Waals surface area contributed by atoms with Crippen LogP contribution < -0.4 is 4.90 Å². The number of para-hydroxylation sites is 2. The third kappa shape index (κ3) is 4.46. The number of thiophene rings is 1. The highest BCUT2D eigenvalue weighted by Crippen LogP contribution is 2.46. The lowest BCUT2D eigenvalue weighted by molar-refractivity contribution is 1.28. The van der Waals surface area contributed by atoms with E-state index in [9.17, 15) is 0 Å². The Kier molecular flexibility index (Phi) is 6.40. The van der Waals surface area contributed by atoms with Gasteiger partial charge in [0.2, 0.25) is 0 Å². The summed E-state index contributed by atoms with van der Waals surface area (Å²) < 4.78 is 2.68. The molecule has 0 atom stereocenters. The third-order valence-electron chi connectivity index (χ3n) is 9.02. The summed E-state index contributed by atoms with van der Waals surface area (Å²) in [6.07, 6.45) is 0. The minimum Gasteiger partial charge on any atom is -0.311 e. The number of hydrogen-bond acceptors (Lipinski definition) is 2. The molecule has 0 radical (unpaired) electrons. The molecule has 2 heteroatoms. The second-order valence-electron chi connectivity index (χ2n) is 11.7. The van der Waals surface area contributed by atoms with Gasteiger partial charge in [-0.3, -0.25) is 0 Å². The predicted molar refractivity (Wildman–Crippen MR) is 200 cm³/mol. The zero-order valence-corrected chi connectivity index (χ0v) is 25.9. The molecular weight excluding hydrogens is 575 g/mol. The summed E-state index contributed by atoms with van der Waals surface area (Å²) in [5, 5.41) is 7.86. The van der Waals surface area contributed by atoms with E-state index in [1.54, 1.807) is 0 Å². The van der Waals surface area contributed by atoms with E-state index in [0.717, 1.165) is 17.1 Å². The van der Waals surface area contributed by atoms with Crippen molar-refractivity contribution < 1.29 is 0 Å². The van der Waals surface area contributed by atoms with E-state index < -0.39 is 0 Å². The summed E-state index contributed by atoms with van der Waals surface area (Å²) in [6, 6.07) is 63.7. The van der Waals surface area contributed by atoms with Gasteiger partial charge in [0.15, 0.2) is 0 Å². The summed E-state index contributed by atoms with van der Waals surface area (Å²) in [4.78, 5) is 2.32. The molecule has 0 aliphatic carbocycles. The summed E-state index contributed by atoms with van der Waals surface area (Å²) in [5.74, 6) is 0. The van der Waals surface area contributed by atoms with Gasteiger partial charge in [0.25, 0.3) is 0 Å². The van der Waals surface area contributed by atoms with Crippen molar-refractivity contribution in [1.29, 1.82) is 0 Å². The molecule has 9 rings (SSSR count). The number of hydrogen-bond donors (Lipinski definition) is 0. The fraction of sp³-hybridized carbons (Fsp3) is 0. The van der Waals surface area contributed by atoms with Crippen LogP contribution in [-0.4, -0.2) is 0 Å². The average Bonchev–Trinajstić information content (AvgIpc) is 3.52. The second-order valence-corrected chi connectivity index (χ2v) is 12.8. The van der Waals surface area contributed by atoms with Gasteiger partial charge in [-0.05, 0) is 81.4 Å². The first-order valence-corrected chi connectivity index (χ1v) is 16.5. The molecular formula is C44H29NS. The number of anilines is 3. The van der Waals surface area contributed by atoms with Gasteiger partial charge >= 0.3 is 0 Å². The number of rotatable bonds is 5. The SMILES string of the molecule is c1ccc(-c2cc(-c3ccc(N(c4ccccc4)c4ccccc4)cc3)c3sc4c(ccc5ccc6ccccc6c54)c3c2)cc1. The molecule has 9 aromatic rings. The zero-order chi connectivity index (χ0) is 30.5. The average molecular weight is 604 g/mol. The van der Waals surface area contributed by atoms with Crippen LogP contribution in [0.4, 0.5) is 17.1 Å². The Morgan fingerprint density at radius 3 is 1.65 bits per heavy atom. The minimum atomic E-state index is 1.13. The van der Waals surface area contributed by atoms with Crippen LogP contribution in [0.5, 0.6) is 0 Å². The lowest BCUT2D eigenvalue weighted by Gasteiger charge is -2.25. The van der Waals surface area contributed by atoms with Gasteiger partial charge in [0.1, 0.15) is 0 Å².